The third kappa shape index (κ3) is 2.33. The van der Waals surface area contributed by atoms with E-state index in [1.807, 2.05) is 0 Å². The number of benzene rings is 3. The Hall–Kier alpha value is -1.90. The molecule has 1 heterocycles. The highest BCUT2D eigenvalue weighted by Crippen LogP contribution is 2.55. The lowest BCUT2D eigenvalue weighted by Crippen LogP contribution is -2.23. The molecule has 3 aromatic carbocycles. The second-order valence-corrected chi connectivity index (χ2v) is 8.24. The van der Waals surface area contributed by atoms with Crippen LogP contribution in [0.2, 0.25) is 0 Å². The zero-order valence-electron chi connectivity index (χ0n) is 13.7. The van der Waals surface area contributed by atoms with Gasteiger partial charge in [0.15, 0.2) is 0 Å². The lowest BCUT2D eigenvalue weighted by molar-refractivity contribution is 0.905. The van der Waals surface area contributed by atoms with Crippen LogP contribution in [0, 0.1) is 13.8 Å². The standard InChI is InChI=1S/C22H18S2/c1-15-7-11-17(12-8-15)22(18-13-9-16(2)10-14-18)20-6-4-3-5-19(20)21(23)24-22/h3-14H,1-2H3. The lowest BCUT2D eigenvalue weighted by Gasteiger charge is -2.31. The van der Waals surface area contributed by atoms with E-state index in [-0.39, 0.29) is 4.75 Å². The maximum Gasteiger partial charge on any atom is 0.0968 e. The van der Waals surface area contributed by atoms with Gasteiger partial charge in [0.25, 0.3) is 0 Å². The van der Waals surface area contributed by atoms with Crippen molar-refractivity contribution in [2.45, 2.75) is 18.6 Å². The van der Waals surface area contributed by atoms with Crippen molar-refractivity contribution >= 4 is 28.2 Å². The van der Waals surface area contributed by atoms with E-state index >= 15 is 0 Å². The third-order valence-electron chi connectivity index (χ3n) is 4.69. The maximum atomic E-state index is 5.74. The normalized spacial score (nSPS) is 15.3. The lowest BCUT2D eigenvalue weighted by atomic mass is 9.82. The largest absolute Gasteiger partial charge is 0.0968 e. The predicted octanol–water partition coefficient (Wildman–Crippen LogP) is 6.02. The van der Waals surface area contributed by atoms with Crippen LogP contribution in [0.3, 0.4) is 0 Å². The highest BCUT2D eigenvalue weighted by Gasteiger charge is 2.45. The average molecular weight is 347 g/mol. The third-order valence-corrected chi connectivity index (χ3v) is 6.56. The fraction of sp³-hybridized carbons (Fsp3) is 0.136. The molecule has 0 atom stereocenters. The van der Waals surface area contributed by atoms with Gasteiger partial charge in [-0.15, -0.1) is 0 Å². The van der Waals surface area contributed by atoms with E-state index in [1.165, 1.54) is 33.4 Å². The van der Waals surface area contributed by atoms with Gasteiger partial charge in [-0.2, -0.15) is 0 Å². The van der Waals surface area contributed by atoms with Gasteiger partial charge in [-0.25, -0.2) is 0 Å². The molecule has 0 bridgehead atoms. The van der Waals surface area contributed by atoms with E-state index in [9.17, 15) is 0 Å². The Balaban J connectivity index is 2.03. The number of aryl methyl sites for hydroxylation is 2. The molecule has 0 N–H and O–H groups in total. The summed E-state index contributed by atoms with van der Waals surface area (Å²) in [7, 11) is 0. The van der Waals surface area contributed by atoms with E-state index in [1.54, 1.807) is 11.8 Å². The second-order valence-electron chi connectivity index (χ2n) is 6.35. The Morgan fingerprint density at radius 1 is 0.708 bits per heavy atom. The molecule has 0 aromatic heterocycles. The van der Waals surface area contributed by atoms with E-state index in [4.69, 9.17) is 12.2 Å². The first-order valence-electron chi connectivity index (χ1n) is 8.08. The summed E-state index contributed by atoms with van der Waals surface area (Å²) in [4.78, 5) is 0. The molecule has 0 radical (unpaired) electrons. The Morgan fingerprint density at radius 3 is 1.75 bits per heavy atom. The monoisotopic (exact) mass is 346 g/mol. The minimum atomic E-state index is -0.255. The Labute approximate surface area is 152 Å². The van der Waals surface area contributed by atoms with Crippen LogP contribution in [-0.4, -0.2) is 4.20 Å². The number of thiocarbonyl (C=S) groups is 1. The Morgan fingerprint density at radius 2 is 1.21 bits per heavy atom. The predicted molar refractivity (Wildman–Crippen MR) is 108 cm³/mol. The molecule has 0 saturated heterocycles. The van der Waals surface area contributed by atoms with Gasteiger partial charge in [0.05, 0.1) is 8.94 Å². The van der Waals surface area contributed by atoms with Crippen LogP contribution in [0.4, 0.5) is 0 Å². The van der Waals surface area contributed by atoms with E-state index in [0.717, 1.165) is 4.20 Å². The molecule has 0 saturated carbocycles. The number of fused-ring (bicyclic) bond motifs is 1. The first-order chi connectivity index (χ1) is 11.6. The summed E-state index contributed by atoms with van der Waals surface area (Å²) in [6, 6.07) is 26.3. The molecule has 0 nitrogen and oxygen atoms in total. The molecule has 3 aromatic rings. The zero-order valence-corrected chi connectivity index (χ0v) is 15.4. The first kappa shape index (κ1) is 15.6. The van der Waals surface area contributed by atoms with Crippen LogP contribution >= 0.6 is 24.0 Å². The van der Waals surface area contributed by atoms with Crippen LogP contribution in [0.5, 0.6) is 0 Å². The van der Waals surface area contributed by atoms with Gasteiger partial charge in [0.2, 0.25) is 0 Å². The molecule has 0 aliphatic carbocycles. The summed E-state index contributed by atoms with van der Waals surface area (Å²) < 4.78 is 0.724. The molecule has 0 spiro atoms. The highest BCUT2D eigenvalue weighted by atomic mass is 32.2. The van der Waals surface area contributed by atoms with Gasteiger partial charge in [-0.1, -0.05) is 108 Å². The molecule has 24 heavy (non-hydrogen) atoms. The summed E-state index contributed by atoms with van der Waals surface area (Å²) in [6.45, 7) is 4.26. The molecule has 0 unspecified atom stereocenters. The quantitative estimate of drug-likeness (QED) is 0.521. The fourth-order valence-corrected chi connectivity index (χ4v) is 5.30. The summed E-state index contributed by atoms with van der Waals surface area (Å²) in [5.74, 6) is 0. The number of hydrogen-bond acceptors (Lipinski definition) is 2. The van der Waals surface area contributed by atoms with E-state index in [0.29, 0.717) is 0 Å². The van der Waals surface area contributed by atoms with Gasteiger partial charge < -0.3 is 0 Å². The van der Waals surface area contributed by atoms with Crippen molar-refractivity contribution in [3.8, 4) is 0 Å². The zero-order chi connectivity index (χ0) is 16.7. The molecule has 4 rings (SSSR count). The molecule has 0 fully saturated rings. The Bertz CT molecular complexity index is 860. The summed E-state index contributed by atoms with van der Waals surface area (Å²) >= 11 is 7.53. The second kappa shape index (κ2) is 5.87. The number of hydrogen-bond donors (Lipinski definition) is 0. The van der Waals surface area contributed by atoms with E-state index < -0.39 is 0 Å². The molecule has 2 heteroatoms. The topological polar surface area (TPSA) is 0 Å². The van der Waals surface area contributed by atoms with Gasteiger partial charge in [-0.3, -0.25) is 0 Å². The summed E-state index contributed by atoms with van der Waals surface area (Å²) in [5, 5.41) is 0. The van der Waals surface area contributed by atoms with Crippen molar-refractivity contribution < 1.29 is 0 Å². The minimum absolute atomic E-state index is 0.255. The van der Waals surface area contributed by atoms with E-state index in [2.05, 4.69) is 86.6 Å². The minimum Gasteiger partial charge on any atom is -0.0924 e. The summed E-state index contributed by atoms with van der Waals surface area (Å²) in [6.07, 6.45) is 0. The van der Waals surface area contributed by atoms with Gasteiger partial charge in [0, 0.05) is 5.56 Å². The van der Waals surface area contributed by atoms with Crippen LogP contribution < -0.4 is 0 Å². The Kier molecular flexibility index (Phi) is 3.82. The average Bonchev–Trinajstić information content (AvgIpc) is 2.91. The van der Waals surface area contributed by atoms with Crippen molar-refractivity contribution in [1.82, 2.24) is 0 Å². The molecule has 118 valence electrons. The fourth-order valence-electron chi connectivity index (χ4n) is 3.39. The van der Waals surface area contributed by atoms with Crippen molar-refractivity contribution in [2.75, 3.05) is 0 Å². The molecular formula is C22H18S2. The van der Waals surface area contributed by atoms with Gasteiger partial charge in [0.1, 0.15) is 0 Å². The van der Waals surface area contributed by atoms with Crippen molar-refractivity contribution in [3.63, 3.8) is 0 Å². The van der Waals surface area contributed by atoms with Crippen molar-refractivity contribution in [3.05, 3.63) is 106 Å². The smallest absolute Gasteiger partial charge is 0.0924 e. The highest BCUT2D eigenvalue weighted by molar-refractivity contribution is 8.25. The molecule has 1 aliphatic heterocycles. The molecular weight excluding hydrogens is 328 g/mol. The molecule has 1 aliphatic rings. The van der Waals surface area contributed by atoms with Crippen molar-refractivity contribution in [1.29, 1.82) is 0 Å². The van der Waals surface area contributed by atoms with Gasteiger partial charge >= 0.3 is 0 Å². The van der Waals surface area contributed by atoms with Crippen LogP contribution in [0.1, 0.15) is 33.4 Å². The van der Waals surface area contributed by atoms with Gasteiger partial charge in [-0.05, 0) is 30.5 Å². The van der Waals surface area contributed by atoms with Crippen LogP contribution in [-0.2, 0) is 4.75 Å². The maximum absolute atomic E-state index is 5.74. The molecule has 0 amide bonds. The SMILES string of the molecule is Cc1ccc(C2(c3ccc(C)cc3)SC(=S)c3ccccc32)cc1. The number of rotatable bonds is 2. The first-order valence-corrected chi connectivity index (χ1v) is 9.31. The van der Waals surface area contributed by atoms with Crippen LogP contribution in [0.25, 0.3) is 0 Å². The van der Waals surface area contributed by atoms with Crippen LogP contribution in [0.15, 0.2) is 72.8 Å². The number of thioether (sulfide) groups is 1. The summed E-state index contributed by atoms with van der Waals surface area (Å²) in [5.41, 5.74) is 7.61. The van der Waals surface area contributed by atoms with Crippen molar-refractivity contribution in [2.24, 2.45) is 0 Å².